The number of carbonyl (C=O) groups excluding carboxylic acids is 3. The van der Waals surface area contributed by atoms with Crippen molar-refractivity contribution in [1.82, 2.24) is 10.2 Å². The third kappa shape index (κ3) is 4.43. The lowest BCUT2D eigenvalue weighted by atomic mass is 10.0. The highest BCUT2D eigenvalue weighted by Gasteiger charge is 2.54. The van der Waals surface area contributed by atoms with Crippen LogP contribution in [-0.4, -0.2) is 52.1 Å². The summed E-state index contributed by atoms with van der Waals surface area (Å²) in [5.41, 5.74) is 1.41. The third-order valence-corrected chi connectivity index (χ3v) is 6.46. The van der Waals surface area contributed by atoms with Crippen LogP contribution >= 0.6 is 11.8 Å². The SMILES string of the molecule is COc1ccc(COC(=O)C2=C(O)CS[C@@H]3[C@H](NC(=O)Cc4ccccc4)C(=O)N23)cc1. The van der Waals surface area contributed by atoms with Gasteiger partial charge in [0.25, 0.3) is 5.91 Å². The summed E-state index contributed by atoms with van der Waals surface area (Å²) in [6.45, 7) is -0.0172. The predicted octanol–water partition coefficient (Wildman–Crippen LogP) is 2.15. The van der Waals surface area contributed by atoms with Crippen molar-refractivity contribution < 1.29 is 29.0 Å². The molecule has 32 heavy (non-hydrogen) atoms. The topological polar surface area (TPSA) is 105 Å². The van der Waals surface area contributed by atoms with Crippen LogP contribution in [0.4, 0.5) is 0 Å². The molecule has 8 nitrogen and oxygen atoms in total. The van der Waals surface area contributed by atoms with E-state index in [0.29, 0.717) is 5.75 Å². The number of thioether (sulfide) groups is 1. The van der Waals surface area contributed by atoms with Crippen LogP contribution in [0.2, 0.25) is 0 Å². The lowest BCUT2D eigenvalue weighted by molar-refractivity contribution is -0.153. The Morgan fingerprint density at radius 1 is 1.12 bits per heavy atom. The number of hydrogen-bond acceptors (Lipinski definition) is 7. The minimum absolute atomic E-state index is 0.0172. The molecule has 2 aromatic rings. The van der Waals surface area contributed by atoms with E-state index in [1.54, 1.807) is 31.4 Å². The van der Waals surface area contributed by atoms with Gasteiger partial charge in [-0.2, -0.15) is 0 Å². The number of rotatable bonds is 7. The van der Waals surface area contributed by atoms with E-state index in [2.05, 4.69) is 5.32 Å². The first-order chi connectivity index (χ1) is 15.5. The van der Waals surface area contributed by atoms with Crippen LogP contribution in [0.15, 0.2) is 66.1 Å². The van der Waals surface area contributed by atoms with Crippen LogP contribution in [0, 0.1) is 0 Å². The highest BCUT2D eigenvalue weighted by Crippen LogP contribution is 2.40. The molecule has 0 aliphatic carbocycles. The first-order valence-electron chi connectivity index (χ1n) is 9.98. The molecule has 2 aliphatic heterocycles. The van der Waals surface area contributed by atoms with Gasteiger partial charge in [0.05, 0.1) is 19.3 Å². The molecule has 0 bridgehead atoms. The zero-order chi connectivity index (χ0) is 22.7. The van der Waals surface area contributed by atoms with Crippen molar-refractivity contribution in [3.8, 4) is 5.75 Å². The van der Waals surface area contributed by atoms with Crippen molar-refractivity contribution in [3.63, 3.8) is 0 Å². The maximum absolute atomic E-state index is 12.7. The van der Waals surface area contributed by atoms with Gasteiger partial charge in [0, 0.05) is 0 Å². The average molecular weight is 455 g/mol. The van der Waals surface area contributed by atoms with Gasteiger partial charge >= 0.3 is 5.97 Å². The van der Waals surface area contributed by atoms with Crippen LogP contribution in [0.1, 0.15) is 11.1 Å². The number of aliphatic hydroxyl groups is 1. The summed E-state index contributed by atoms with van der Waals surface area (Å²) in [6.07, 6.45) is 0.153. The number of nitrogens with one attached hydrogen (secondary N) is 1. The number of nitrogens with zero attached hydrogens (tertiary/aromatic N) is 1. The molecule has 2 atom stereocenters. The highest BCUT2D eigenvalue weighted by molar-refractivity contribution is 8.00. The van der Waals surface area contributed by atoms with Gasteiger partial charge in [-0.1, -0.05) is 42.5 Å². The molecule has 2 N–H and O–H groups in total. The minimum atomic E-state index is -0.786. The number of aliphatic hydroxyl groups excluding tert-OH is 1. The Hall–Kier alpha value is -3.46. The Bertz CT molecular complexity index is 1050. The standard InChI is InChI=1S/C23H22N2O6S/c1-30-16-9-7-15(8-10-16)12-31-23(29)20-17(26)13-32-22-19(21(28)25(20)22)24-18(27)11-14-5-3-2-4-6-14/h2-10,19,22,26H,11-13H2,1H3,(H,24,27)/t19-,22-/m1/s1. The molecule has 0 unspecified atom stereocenters. The molecule has 1 saturated heterocycles. The second-order valence-corrected chi connectivity index (χ2v) is 8.44. The zero-order valence-corrected chi connectivity index (χ0v) is 18.1. The number of esters is 1. The van der Waals surface area contributed by atoms with E-state index in [9.17, 15) is 19.5 Å². The van der Waals surface area contributed by atoms with Gasteiger partial charge in [-0.05, 0) is 23.3 Å². The van der Waals surface area contributed by atoms with Crippen molar-refractivity contribution in [2.75, 3.05) is 12.9 Å². The zero-order valence-electron chi connectivity index (χ0n) is 17.3. The first-order valence-corrected chi connectivity index (χ1v) is 11.0. The fraction of sp³-hybridized carbons (Fsp3) is 0.261. The summed E-state index contributed by atoms with van der Waals surface area (Å²) >= 11 is 1.28. The number of amides is 2. The van der Waals surface area contributed by atoms with Crippen LogP contribution < -0.4 is 10.1 Å². The summed E-state index contributed by atoms with van der Waals surface area (Å²) in [4.78, 5) is 38.9. The largest absolute Gasteiger partial charge is 0.509 e. The second kappa shape index (κ2) is 9.35. The first kappa shape index (κ1) is 21.8. The van der Waals surface area contributed by atoms with Crippen LogP contribution in [0.25, 0.3) is 0 Å². The van der Waals surface area contributed by atoms with Gasteiger partial charge in [-0.3, -0.25) is 14.5 Å². The van der Waals surface area contributed by atoms with Crippen LogP contribution in [0.5, 0.6) is 5.75 Å². The normalized spacial score (nSPS) is 19.7. The van der Waals surface area contributed by atoms with E-state index >= 15 is 0 Å². The lowest BCUT2D eigenvalue weighted by Gasteiger charge is -2.48. The van der Waals surface area contributed by atoms with Gasteiger partial charge in [-0.25, -0.2) is 4.79 Å². The maximum atomic E-state index is 12.7. The molecule has 0 aromatic heterocycles. The smallest absolute Gasteiger partial charge is 0.358 e. The average Bonchev–Trinajstić information content (AvgIpc) is 2.81. The van der Waals surface area contributed by atoms with E-state index in [1.807, 2.05) is 30.3 Å². The molecule has 0 spiro atoms. The highest BCUT2D eigenvalue weighted by atomic mass is 32.2. The molecule has 9 heteroatoms. The van der Waals surface area contributed by atoms with Gasteiger partial charge in [0.1, 0.15) is 29.5 Å². The predicted molar refractivity (Wildman–Crippen MR) is 118 cm³/mol. The number of fused-ring (bicyclic) bond motifs is 1. The van der Waals surface area contributed by atoms with Gasteiger partial charge in [0.2, 0.25) is 5.91 Å². The quantitative estimate of drug-likeness (QED) is 0.488. The van der Waals surface area contributed by atoms with Gasteiger partial charge in [-0.15, -0.1) is 11.8 Å². The summed E-state index contributed by atoms with van der Waals surface area (Å²) in [5.74, 6) is -0.908. The number of hydrogen-bond donors (Lipinski definition) is 2. The van der Waals surface area contributed by atoms with Crippen LogP contribution in [0.3, 0.4) is 0 Å². The molecular formula is C23H22N2O6S. The van der Waals surface area contributed by atoms with E-state index in [4.69, 9.17) is 9.47 Å². The number of carbonyl (C=O) groups is 3. The van der Waals surface area contributed by atoms with E-state index in [1.165, 1.54) is 16.7 Å². The van der Waals surface area contributed by atoms with Crippen molar-refractivity contribution in [3.05, 3.63) is 77.2 Å². The molecule has 2 aliphatic rings. The maximum Gasteiger partial charge on any atom is 0.358 e. The van der Waals surface area contributed by atoms with Gasteiger partial charge in [0.15, 0.2) is 5.70 Å². The number of ether oxygens (including phenoxy) is 2. The summed E-state index contributed by atoms with van der Waals surface area (Å²) in [7, 11) is 1.56. The molecule has 2 aromatic carbocycles. The molecule has 2 heterocycles. The molecule has 0 saturated carbocycles. The van der Waals surface area contributed by atoms with Gasteiger partial charge < -0.3 is 19.9 Å². The second-order valence-electron chi connectivity index (χ2n) is 7.34. The third-order valence-electron chi connectivity index (χ3n) is 5.19. The summed E-state index contributed by atoms with van der Waals surface area (Å²) < 4.78 is 10.4. The molecule has 1 fully saturated rings. The molecular weight excluding hydrogens is 432 g/mol. The summed E-state index contributed by atoms with van der Waals surface area (Å²) in [5, 5.41) is 12.5. The van der Waals surface area contributed by atoms with Crippen molar-refractivity contribution in [1.29, 1.82) is 0 Å². The van der Waals surface area contributed by atoms with Crippen LogP contribution in [-0.2, 0) is 32.1 Å². The monoisotopic (exact) mass is 454 g/mol. The fourth-order valence-electron chi connectivity index (χ4n) is 3.54. The minimum Gasteiger partial charge on any atom is -0.509 e. The lowest BCUT2D eigenvalue weighted by Crippen LogP contribution is -2.70. The Balaban J connectivity index is 1.37. The Morgan fingerprint density at radius 3 is 2.53 bits per heavy atom. The summed E-state index contributed by atoms with van der Waals surface area (Å²) in [6, 6.07) is 15.5. The Morgan fingerprint density at radius 2 is 1.84 bits per heavy atom. The molecule has 4 rings (SSSR count). The molecule has 166 valence electrons. The van der Waals surface area contributed by atoms with Crippen molar-refractivity contribution >= 4 is 29.5 Å². The fourth-order valence-corrected chi connectivity index (χ4v) is 4.74. The Kier molecular flexibility index (Phi) is 6.36. The van der Waals surface area contributed by atoms with E-state index < -0.39 is 23.3 Å². The number of benzene rings is 2. The van der Waals surface area contributed by atoms with Crippen molar-refractivity contribution in [2.24, 2.45) is 0 Å². The number of methoxy groups -OCH3 is 1. The van der Waals surface area contributed by atoms with E-state index in [-0.39, 0.29) is 36.1 Å². The molecule has 0 radical (unpaired) electrons. The Labute approximate surface area is 189 Å². The van der Waals surface area contributed by atoms with Crippen molar-refractivity contribution in [2.45, 2.75) is 24.4 Å². The van der Waals surface area contributed by atoms with E-state index in [0.717, 1.165) is 11.1 Å². The number of β-lactam (4-membered cyclic amide) rings is 1. The molecule has 2 amide bonds.